The van der Waals surface area contributed by atoms with E-state index < -0.39 is 21.2 Å². The monoisotopic (exact) mass is 520 g/mol. The van der Waals surface area contributed by atoms with E-state index in [1.165, 1.54) is 42.6 Å². The molecule has 36 heavy (non-hydrogen) atoms. The SMILES string of the molecule is C=C1/C(=C/Sc2ccccc2[N+](=O)[O-])[C@@H]2O[C@H]1C1=C2CC=C(C(C)=O)[C@H]1Sc1ccccc1[N+](=O)[O-]. The summed E-state index contributed by atoms with van der Waals surface area (Å²) in [5, 5.41) is 24.4. The van der Waals surface area contributed by atoms with E-state index in [-0.39, 0.29) is 23.3 Å². The number of nitro groups is 2. The number of ether oxygens (including phenoxy) is 1. The van der Waals surface area contributed by atoms with Gasteiger partial charge in [0.15, 0.2) is 5.78 Å². The van der Waals surface area contributed by atoms with Crippen molar-refractivity contribution in [3.63, 3.8) is 0 Å². The van der Waals surface area contributed by atoms with Crippen LogP contribution in [0.3, 0.4) is 0 Å². The van der Waals surface area contributed by atoms with Gasteiger partial charge in [-0.3, -0.25) is 25.0 Å². The van der Waals surface area contributed by atoms with Crippen molar-refractivity contribution in [2.45, 2.75) is 40.6 Å². The standard InChI is InChI=1S/C26H20N2O6S2/c1-14-18(13-35-21-9-5-3-7-19(21)27(30)31)25-17-12-11-16(15(2)29)26(23(17)24(14)34-25)36-22-10-6-4-8-20(22)28(32)33/h3-11,13,24-26H,1,12H2,2H3/b18-13-/t24-,25-,26-/m1/s1. The van der Waals surface area contributed by atoms with Gasteiger partial charge in [0.05, 0.1) is 24.9 Å². The normalized spacial score (nSPS) is 23.6. The van der Waals surface area contributed by atoms with Crippen LogP contribution in [0.15, 0.2) is 104 Å². The van der Waals surface area contributed by atoms with Gasteiger partial charge in [-0.05, 0) is 53.2 Å². The molecule has 2 aromatic rings. The number of carbonyl (C=O) groups excluding carboxylic acids is 1. The third kappa shape index (κ3) is 4.11. The minimum absolute atomic E-state index is 0.0116. The smallest absolute Gasteiger partial charge is 0.283 e. The number of hydrogen-bond donors (Lipinski definition) is 0. The number of nitrogens with zero attached hydrogens (tertiary/aromatic N) is 2. The van der Waals surface area contributed by atoms with Gasteiger partial charge in [-0.25, -0.2) is 0 Å². The van der Waals surface area contributed by atoms with Gasteiger partial charge in [-0.2, -0.15) is 0 Å². The number of hydrogen-bond acceptors (Lipinski definition) is 8. The van der Waals surface area contributed by atoms with Crippen LogP contribution in [0.1, 0.15) is 13.3 Å². The van der Waals surface area contributed by atoms with Crippen LogP contribution in [0.2, 0.25) is 0 Å². The zero-order valence-electron chi connectivity index (χ0n) is 19.1. The van der Waals surface area contributed by atoms with Gasteiger partial charge in [-0.15, -0.1) is 11.8 Å². The highest BCUT2D eigenvalue weighted by Crippen LogP contribution is 2.55. The zero-order chi connectivity index (χ0) is 25.6. The maximum atomic E-state index is 12.5. The lowest BCUT2D eigenvalue weighted by Gasteiger charge is -2.31. The Hall–Kier alpha value is -3.47. The molecular weight excluding hydrogens is 500 g/mol. The fourth-order valence-corrected chi connectivity index (χ4v) is 7.16. The predicted octanol–water partition coefficient (Wildman–Crippen LogP) is 6.19. The molecule has 2 heterocycles. The Balaban J connectivity index is 1.50. The molecule has 0 amide bonds. The number of thioether (sulfide) groups is 2. The number of Topliss-reactive ketones (excluding diaryl/α,β-unsaturated/α-hetero) is 1. The van der Waals surface area contributed by atoms with Crippen LogP contribution in [-0.4, -0.2) is 33.1 Å². The summed E-state index contributed by atoms with van der Waals surface area (Å²) in [4.78, 5) is 35.7. The molecule has 2 aliphatic heterocycles. The Kier molecular flexibility index (Phi) is 6.42. The first kappa shape index (κ1) is 24.2. The number of fused-ring (bicyclic) bond motifs is 4. The van der Waals surface area contributed by atoms with E-state index in [0.29, 0.717) is 21.8 Å². The Morgan fingerprint density at radius 2 is 1.64 bits per heavy atom. The van der Waals surface area contributed by atoms with Crippen molar-refractivity contribution in [1.29, 1.82) is 0 Å². The summed E-state index contributed by atoms with van der Waals surface area (Å²) in [6.45, 7) is 5.74. The van der Waals surface area contributed by atoms with Crippen molar-refractivity contribution in [3.8, 4) is 0 Å². The van der Waals surface area contributed by atoms with E-state index in [1.54, 1.807) is 36.4 Å². The molecule has 0 saturated carbocycles. The molecule has 0 spiro atoms. The summed E-state index contributed by atoms with van der Waals surface area (Å²) >= 11 is 2.53. The average Bonchev–Trinajstić information content (AvgIpc) is 3.39. The first-order valence-corrected chi connectivity index (χ1v) is 12.8. The van der Waals surface area contributed by atoms with Gasteiger partial charge in [-0.1, -0.05) is 48.7 Å². The largest absolute Gasteiger partial charge is 0.357 e. The second-order valence-electron chi connectivity index (χ2n) is 8.46. The number of carbonyl (C=O) groups is 1. The molecule has 182 valence electrons. The van der Waals surface area contributed by atoms with Crippen LogP contribution < -0.4 is 0 Å². The lowest BCUT2D eigenvalue weighted by atomic mass is 9.78. The molecule has 2 aromatic carbocycles. The maximum absolute atomic E-state index is 12.5. The highest BCUT2D eigenvalue weighted by Gasteiger charge is 2.50. The van der Waals surface area contributed by atoms with Gasteiger partial charge in [0.25, 0.3) is 11.4 Å². The third-order valence-electron chi connectivity index (χ3n) is 6.41. The molecule has 2 bridgehead atoms. The highest BCUT2D eigenvalue weighted by atomic mass is 32.2. The summed E-state index contributed by atoms with van der Waals surface area (Å²) in [5.74, 6) is -0.0891. The van der Waals surface area contributed by atoms with Crippen LogP contribution in [0.25, 0.3) is 0 Å². The number of ketones is 1. The maximum Gasteiger partial charge on any atom is 0.283 e. The van der Waals surface area contributed by atoms with Gasteiger partial charge in [0.1, 0.15) is 12.2 Å². The van der Waals surface area contributed by atoms with Crippen molar-refractivity contribution in [1.82, 2.24) is 0 Å². The summed E-state index contributed by atoms with van der Waals surface area (Å²) in [6, 6.07) is 13.0. The van der Waals surface area contributed by atoms with Gasteiger partial charge >= 0.3 is 0 Å². The molecule has 1 aliphatic carbocycles. The number of nitro benzene ring substituents is 2. The van der Waals surface area contributed by atoms with Crippen LogP contribution in [0, 0.1) is 20.2 Å². The lowest BCUT2D eigenvalue weighted by Crippen LogP contribution is -2.28. The van der Waals surface area contributed by atoms with E-state index in [2.05, 4.69) is 6.58 Å². The minimum atomic E-state index is -0.453. The van der Waals surface area contributed by atoms with Gasteiger partial charge in [0, 0.05) is 17.7 Å². The average molecular weight is 521 g/mol. The molecule has 1 fully saturated rings. The molecule has 0 aromatic heterocycles. The van der Waals surface area contributed by atoms with Crippen molar-refractivity contribution < 1.29 is 19.4 Å². The van der Waals surface area contributed by atoms with Crippen molar-refractivity contribution in [2.24, 2.45) is 0 Å². The van der Waals surface area contributed by atoms with Crippen LogP contribution in [-0.2, 0) is 9.53 Å². The Labute approximate surface area is 215 Å². The topological polar surface area (TPSA) is 113 Å². The minimum Gasteiger partial charge on any atom is -0.357 e. The van der Waals surface area contributed by atoms with Crippen molar-refractivity contribution in [3.05, 3.63) is 115 Å². The molecule has 1 saturated heterocycles. The van der Waals surface area contributed by atoms with Crippen molar-refractivity contribution >= 4 is 40.7 Å². The summed E-state index contributed by atoms with van der Waals surface area (Å²) in [5.41, 5.74) is 4.15. The highest BCUT2D eigenvalue weighted by molar-refractivity contribution is 8.02. The van der Waals surface area contributed by atoms with Crippen LogP contribution in [0.4, 0.5) is 11.4 Å². The molecular formula is C26H20N2O6S2. The molecule has 0 radical (unpaired) electrons. The van der Waals surface area contributed by atoms with E-state index >= 15 is 0 Å². The molecule has 0 N–H and O–H groups in total. The fraction of sp³-hybridized carbons (Fsp3) is 0.192. The lowest BCUT2D eigenvalue weighted by molar-refractivity contribution is -0.387. The molecule has 0 unspecified atom stereocenters. The first-order chi connectivity index (χ1) is 17.3. The number of benzene rings is 2. The van der Waals surface area contributed by atoms with E-state index in [9.17, 15) is 25.0 Å². The molecule has 3 atom stereocenters. The fourth-order valence-electron chi connectivity index (χ4n) is 4.75. The molecule has 5 rings (SSSR count). The quantitative estimate of drug-likeness (QED) is 0.184. The summed E-state index contributed by atoms with van der Waals surface area (Å²) in [6.07, 6.45) is 1.59. The second-order valence-corrected chi connectivity index (χ2v) is 10.5. The van der Waals surface area contributed by atoms with Crippen LogP contribution >= 0.6 is 23.5 Å². The van der Waals surface area contributed by atoms with E-state index in [0.717, 1.165) is 22.3 Å². The predicted molar refractivity (Wildman–Crippen MR) is 138 cm³/mol. The molecule has 10 heteroatoms. The number of rotatable bonds is 7. The van der Waals surface area contributed by atoms with Crippen molar-refractivity contribution in [2.75, 3.05) is 0 Å². The van der Waals surface area contributed by atoms with E-state index in [1.807, 2.05) is 11.5 Å². The number of para-hydroxylation sites is 2. The second kappa shape index (κ2) is 9.53. The number of allylic oxidation sites excluding steroid dienone is 1. The zero-order valence-corrected chi connectivity index (χ0v) is 20.7. The van der Waals surface area contributed by atoms with Crippen LogP contribution in [0.5, 0.6) is 0 Å². The molecule has 8 nitrogen and oxygen atoms in total. The van der Waals surface area contributed by atoms with Gasteiger partial charge < -0.3 is 4.74 Å². The Morgan fingerprint density at radius 1 is 1.03 bits per heavy atom. The Bertz CT molecular complexity index is 1430. The summed E-state index contributed by atoms with van der Waals surface area (Å²) in [7, 11) is 0. The summed E-state index contributed by atoms with van der Waals surface area (Å²) < 4.78 is 6.30. The Morgan fingerprint density at radius 3 is 2.28 bits per heavy atom. The van der Waals surface area contributed by atoms with Gasteiger partial charge in [0.2, 0.25) is 0 Å². The first-order valence-electron chi connectivity index (χ1n) is 11.1. The third-order valence-corrected chi connectivity index (χ3v) is 8.72. The van der Waals surface area contributed by atoms with E-state index in [4.69, 9.17) is 4.74 Å². The molecule has 3 aliphatic rings.